The minimum atomic E-state index is -1.17. The Balaban J connectivity index is 0. The second kappa shape index (κ2) is 10.4. The average molecular weight is 195 g/mol. The van der Waals surface area contributed by atoms with Crippen molar-refractivity contribution in [3.8, 4) is 0 Å². The topological polar surface area (TPSA) is 70.8 Å². The first kappa shape index (κ1) is 14.0. The van der Waals surface area contributed by atoms with Crippen molar-refractivity contribution < 1.29 is 18.4 Å². The summed E-state index contributed by atoms with van der Waals surface area (Å²) < 4.78 is 13.8. The fourth-order valence-electron chi connectivity index (χ4n) is 0.430. The first-order chi connectivity index (χ1) is 5.62. The van der Waals surface area contributed by atoms with E-state index in [0.717, 1.165) is 6.04 Å². The minimum absolute atomic E-state index is 0.745. The van der Waals surface area contributed by atoms with Crippen LogP contribution in [0.4, 0.5) is 4.79 Å². The molecule has 0 rings (SSSR count). The molecule has 74 valence electrons. The Kier molecular flexibility index (Phi) is 12.1. The van der Waals surface area contributed by atoms with Gasteiger partial charge in [0.1, 0.15) is 0 Å². The molecule has 0 aromatic heterocycles. The van der Waals surface area contributed by atoms with E-state index in [1.54, 1.807) is 14.2 Å². The van der Waals surface area contributed by atoms with Gasteiger partial charge in [0.25, 0.3) is 0 Å². The van der Waals surface area contributed by atoms with Crippen molar-refractivity contribution in [2.75, 3.05) is 21.3 Å². The summed E-state index contributed by atoms with van der Waals surface area (Å²) in [5.41, 5.74) is 4.43. The van der Waals surface area contributed by atoms with E-state index < -0.39 is 15.4 Å². The molecular weight excluding hydrogens is 178 g/mol. The molecule has 0 saturated heterocycles. The molecule has 0 radical (unpaired) electrons. The zero-order valence-electron chi connectivity index (χ0n) is 7.99. The molecule has 6 heteroatoms. The molecule has 0 aliphatic heterocycles. The van der Waals surface area contributed by atoms with Gasteiger partial charge in [-0.05, 0) is 6.04 Å². The highest BCUT2D eigenvalue weighted by molar-refractivity contribution is 6.44. The number of carbonyl (C=O) groups is 1. The smallest absolute Gasteiger partial charge is 0.404 e. The number of hydrogen-bond acceptors (Lipinski definition) is 4. The molecular formula is C6H17NO4Si. The van der Waals surface area contributed by atoms with Crippen LogP contribution in [0, 0.1) is 0 Å². The van der Waals surface area contributed by atoms with Crippen molar-refractivity contribution in [1.29, 1.82) is 0 Å². The third-order valence-corrected chi connectivity index (χ3v) is 2.78. The minimum Gasteiger partial charge on any atom is -0.453 e. The predicted molar refractivity (Wildman–Crippen MR) is 48.2 cm³/mol. The Hall–Kier alpha value is -0.593. The van der Waals surface area contributed by atoms with E-state index in [1.165, 1.54) is 7.11 Å². The molecule has 2 N–H and O–H groups in total. The second-order valence-electron chi connectivity index (χ2n) is 1.83. The Labute approximate surface area is 74.6 Å². The number of primary amides is 1. The highest BCUT2D eigenvalue weighted by Gasteiger charge is 2.02. The van der Waals surface area contributed by atoms with Crippen LogP contribution in [0.3, 0.4) is 0 Å². The van der Waals surface area contributed by atoms with Crippen molar-refractivity contribution in [2.24, 2.45) is 5.73 Å². The van der Waals surface area contributed by atoms with E-state index in [-0.39, 0.29) is 0 Å². The quantitative estimate of drug-likeness (QED) is 0.654. The molecule has 0 saturated carbocycles. The van der Waals surface area contributed by atoms with Gasteiger partial charge < -0.3 is 19.3 Å². The monoisotopic (exact) mass is 195 g/mol. The molecule has 5 nitrogen and oxygen atoms in total. The summed E-state index contributed by atoms with van der Waals surface area (Å²) in [7, 11) is 3.45. The van der Waals surface area contributed by atoms with E-state index >= 15 is 0 Å². The Morgan fingerprint density at radius 1 is 1.33 bits per heavy atom. The van der Waals surface area contributed by atoms with Gasteiger partial charge in [-0.2, -0.15) is 0 Å². The summed E-state index contributed by atoms with van der Waals surface area (Å²) in [4.78, 5) is 9.37. The van der Waals surface area contributed by atoms with Gasteiger partial charge in [-0.25, -0.2) is 4.79 Å². The third kappa shape index (κ3) is 12.1. The number of methoxy groups -OCH3 is 1. The molecule has 1 amide bonds. The van der Waals surface area contributed by atoms with Crippen LogP contribution < -0.4 is 5.73 Å². The fourth-order valence-corrected chi connectivity index (χ4v) is 1.29. The maximum atomic E-state index is 9.37. The number of ether oxygens (including phenoxy) is 1. The van der Waals surface area contributed by atoms with Crippen molar-refractivity contribution in [3.05, 3.63) is 0 Å². The van der Waals surface area contributed by atoms with Crippen LogP contribution in [0.5, 0.6) is 0 Å². The van der Waals surface area contributed by atoms with Crippen LogP contribution in [-0.2, 0) is 13.6 Å². The molecule has 0 spiro atoms. The molecule has 0 aliphatic rings. The molecule has 0 aromatic carbocycles. The van der Waals surface area contributed by atoms with Crippen molar-refractivity contribution >= 4 is 15.4 Å². The Morgan fingerprint density at radius 2 is 1.67 bits per heavy atom. The van der Waals surface area contributed by atoms with Crippen molar-refractivity contribution in [2.45, 2.75) is 13.0 Å². The lowest BCUT2D eigenvalue weighted by Gasteiger charge is -2.05. The molecule has 0 fully saturated rings. The van der Waals surface area contributed by atoms with Crippen LogP contribution in [0.2, 0.25) is 6.04 Å². The first-order valence-electron chi connectivity index (χ1n) is 3.51. The standard InChI is InChI=1S/C4H12O2Si.C2H5NO2/c1-4-7(5-2)6-3;1-5-2(3)4/h7H,4H2,1-3H3;1H3,(H2,3,4). The van der Waals surface area contributed by atoms with E-state index in [1.807, 2.05) is 0 Å². The fraction of sp³-hybridized carbons (Fsp3) is 0.833. The van der Waals surface area contributed by atoms with Gasteiger partial charge in [-0.3, -0.25) is 0 Å². The summed E-state index contributed by atoms with van der Waals surface area (Å²) in [6.45, 7) is 2.07. The van der Waals surface area contributed by atoms with E-state index in [9.17, 15) is 4.79 Å². The summed E-state index contributed by atoms with van der Waals surface area (Å²) >= 11 is 0. The average Bonchev–Trinajstić information content (AvgIpc) is 2.09. The SMILES string of the molecule is CC[SiH](OC)OC.COC(N)=O. The van der Waals surface area contributed by atoms with Gasteiger partial charge in [0.05, 0.1) is 7.11 Å². The van der Waals surface area contributed by atoms with Crippen LogP contribution in [0.25, 0.3) is 0 Å². The van der Waals surface area contributed by atoms with Crippen molar-refractivity contribution in [1.82, 2.24) is 0 Å². The highest BCUT2D eigenvalue weighted by Crippen LogP contribution is 1.89. The molecule has 0 aliphatic carbocycles. The van der Waals surface area contributed by atoms with Gasteiger partial charge in [-0.1, -0.05) is 6.92 Å². The van der Waals surface area contributed by atoms with Gasteiger partial charge in [0, 0.05) is 14.2 Å². The summed E-state index contributed by atoms with van der Waals surface area (Å²) in [6, 6.07) is 1.05. The molecule has 0 atom stereocenters. The molecule has 0 unspecified atom stereocenters. The highest BCUT2D eigenvalue weighted by atomic mass is 28.3. The Morgan fingerprint density at radius 3 is 1.67 bits per heavy atom. The molecule has 0 heterocycles. The first-order valence-corrected chi connectivity index (χ1v) is 5.27. The lowest BCUT2D eigenvalue weighted by molar-refractivity contribution is 0.182. The number of rotatable bonds is 3. The van der Waals surface area contributed by atoms with Gasteiger partial charge in [0.2, 0.25) is 0 Å². The third-order valence-electron chi connectivity index (χ3n) is 1.06. The van der Waals surface area contributed by atoms with Gasteiger partial charge >= 0.3 is 15.4 Å². The summed E-state index contributed by atoms with van der Waals surface area (Å²) in [5, 5.41) is 0. The lowest BCUT2D eigenvalue weighted by atomic mass is 11.0. The zero-order valence-corrected chi connectivity index (χ0v) is 9.15. The van der Waals surface area contributed by atoms with Crippen LogP contribution in [-0.4, -0.2) is 36.7 Å². The number of amides is 1. The van der Waals surface area contributed by atoms with Gasteiger partial charge in [-0.15, -0.1) is 0 Å². The number of nitrogens with two attached hydrogens (primary N) is 1. The van der Waals surface area contributed by atoms with Crippen molar-refractivity contribution in [3.63, 3.8) is 0 Å². The zero-order chi connectivity index (χ0) is 9.98. The predicted octanol–water partition coefficient (Wildman–Crippen LogP) is 0.231. The Bertz CT molecular complexity index is 102. The molecule has 12 heavy (non-hydrogen) atoms. The number of carbonyl (C=O) groups excluding carboxylic acids is 1. The maximum absolute atomic E-state index is 9.37. The molecule has 0 bridgehead atoms. The van der Waals surface area contributed by atoms with Crippen LogP contribution in [0.1, 0.15) is 6.92 Å². The van der Waals surface area contributed by atoms with E-state index in [2.05, 4.69) is 17.4 Å². The van der Waals surface area contributed by atoms with Crippen LogP contribution >= 0.6 is 0 Å². The second-order valence-corrected chi connectivity index (χ2v) is 4.45. The van der Waals surface area contributed by atoms with Gasteiger partial charge in [0.15, 0.2) is 0 Å². The number of hydrogen-bond donors (Lipinski definition) is 1. The van der Waals surface area contributed by atoms with E-state index in [0.29, 0.717) is 0 Å². The maximum Gasteiger partial charge on any atom is 0.404 e. The van der Waals surface area contributed by atoms with E-state index in [4.69, 9.17) is 8.85 Å². The summed E-state index contributed by atoms with van der Waals surface area (Å²) in [6.07, 6.45) is -0.745. The molecule has 0 aromatic rings. The summed E-state index contributed by atoms with van der Waals surface area (Å²) in [5.74, 6) is 0. The van der Waals surface area contributed by atoms with Crippen LogP contribution in [0.15, 0.2) is 0 Å². The normalized spacial score (nSPS) is 8.75. The lowest BCUT2D eigenvalue weighted by Crippen LogP contribution is -2.16. The largest absolute Gasteiger partial charge is 0.453 e.